The lowest BCUT2D eigenvalue weighted by molar-refractivity contribution is 0.211. The molecule has 0 bridgehead atoms. The molecule has 0 aromatic carbocycles. The molecule has 0 amide bonds. The normalized spacial score (nSPS) is 12.1. The zero-order chi connectivity index (χ0) is 12.6. The summed E-state index contributed by atoms with van der Waals surface area (Å²) in [4.78, 5) is 0. The van der Waals surface area contributed by atoms with Gasteiger partial charge in [0, 0.05) is 17.4 Å². The third kappa shape index (κ3) is 5.77. The Labute approximate surface area is 110 Å². The average molecular weight is 281 g/mol. The number of rotatable bonds is 8. The maximum atomic E-state index is 5.77. The van der Waals surface area contributed by atoms with E-state index in [4.69, 9.17) is 21.1 Å². The molecule has 0 heterocycles. The van der Waals surface area contributed by atoms with E-state index in [2.05, 4.69) is 20.4 Å². The topological polar surface area (TPSA) is 18.5 Å². The second-order valence-electron chi connectivity index (χ2n) is 3.66. The second-order valence-corrected chi connectivity index (χ2v) is 10.1. The molecular weight excluding hydrogens is 256 g/mol. The molecule has 5 heteroatoms. The first-order valence-electron chi connectivity index (χ1n) is 6.03. The van der Waals surface area contributed by atoms with Crippen LogP contribution in [0.25, 0.3) is 0 Å². The van der Waals surface area contributed by atoms with Crippen LogP contribution in [0.4, 0.5) is 0 Å². The molecule has 0 aliphatic heterocycles. The van der Waals surface area contributed by atoms with E-state index in [1.165, 1.54) is 0 Å². The molecule has 0 N–H and O–H groups in total. The summed E-state index contributed by atoms with van der Waals surface area (Å²) in [5.74, 6) is 0.507. The predicted molar refractivity (Wildman–Crippen MR) is 79.1 cm³/mol. The van der Waals surface area contributed by atoms with Gasteiger partial charge in [-0.05, 0) is 39.2 Å². The molecule has 0 atom stereocenters. The van der Waals surface area contributed by atoms with Gasteiger partial charge in [-0.3, -0.25) is 0 Å². The van der Waals surface area contributed by atoms with E-state index < -0.39 is 7.71 Å². The SMILES string of the molecule is CCO[Si](C)(OCC)SC(=S)C(CC)CC. The van der Waals surface area contributed by atoms with Crippen LogP contribution >= 0.6 is 23.4 Å². The monoisotopic (exact) mass is 280 g/mol. The standard InChI is InChI=1S/C11H24O2S2Si/c1-6-10(7-2)11(14)15-16(5,12-8-3)13-9-4/h10H,6-9H2,1-5H3. The Hall–Kier alpha value is 0.577. The van der Waals surface area contributed by atoms with Crippen molar-refractivity contribution in [2.45, 2.75) is 47.1 Å². The Morgan fingerprint density at radius 2 is 1.56 bits per heavy atom. The molecular formula is C11H24O2S2Si. The van der Waals surface area contributed by atoms with Crippen molar-refractivity contribution in [3.05, 3.63) is 0 Å². The summed E-state index contributed by atoms with van der Waals surface area (Å²) in [6.45, 7) is 11.8. The van der Waals surface area contributed by atoms with Crippen LogP contribution in [-0.2, 0) is 8.85 Å². The average Bonchev–Trinajstić information content (AvgIpc) is 2.19. The van der Waals surface area contributed by atoms with Crippen molar-refractivity contribution in [3.63, 3.8) is 0 Å². The highest BCUT2D eigenvalue weighted by Crippen LogP contribution is 2.30. The quantitative estimate of drug-likeness (QED) is 0.491. The maximum absolute atomic E-state index is 5.77. The van der Waals surface area contributed by atoms with Crippen LogP contribution < -0.4 is 0 Å². The van der Waals surface area contributed by atoms with E-state index >= 15 is 0 Å². The zero-order valence-electron chi connectivity index (χ0n) is 11.0. The van der Waals surface area contributed by atoms with Crippen molar-refractivity contribution in [2.24, 2.45) is 5.92 Å². The van der Waals surface area contributed by atoms with E-state index in [9.17, 15) is 0 Å². The van der Waals surface area contributed by atoms with Gasteiger partial charge in [-0.25, -0.2) is 0 Å². The first-order valence-corrected chi connectivity index (χ1v) is 10.3. The van der Waals surface area contributed by atoms with Crippen LogP contribution in [0.5, 0.6) is 0 Å². The van der Waals surface area contributed by atoms with Gasteiger partial charge in [0.2, 0.25) is 0 Å². The summed E-state index contributed by atoms with van der Waals surface area (Å²) in [5, 5.41) is 0. The molecule has 0 aliphatic rings. The molecule has 0 radical (unpaired) electrons. The maximum Gasteiger partial charge on any atom is 0.408 e. The molecule has 0 spiro atoms. The highest BCUT2D eigenvalue weighted by molar-refractivity contribution is 8.42. The number of thiocarbonyl (C=S) groups is 1. The van der Waals surface area contributed by atoms with Gasteiger partial charge in [0.05, 0.1) is 0 Å². The summed E-state index contributed by atoms with van der Waals surface area (Å²) in [5.41, 5.74) is 0. The molecule has 2 nitrogen and oxygen atoms in total. The van der Waals surface area contributed by atoms with Crippen LogP contribution in [0, 0.1) is 5.92 Å². The van der Waals surface area contributed by atoms with Gasteiger partial charge in [-0.1, -0.05) is 37.3 Å². The van der Waals surface area contributed by atoms with Crippen LogP contribution in [0.2, 0.25) is 6.55 Å². The van der Waals surface area contributed by atoms with Crippen LogP contribution in [0.15, 0.2) is 0 Å². The first-order chi connectivity index (χ1) is 7.52. The molecule has 0 aromatic rings. The van der Waals surface area contributed by atoms with Gasteiger partial charge < -0.3 is 8.85 Å². The van der Waals surface area contributed by atoms with E-state index in [1.807, 2.05) is 13.8 Å². The van der Waals surface area contributed by atoms with E-state index in [-0.39, 0.29) is 0 Å². The second kappa shape index (κ2) is 8.64. The Morgan fingerprint density at radius 3 is 1.88 bits per heavy atom. The molecule has 0 fully saturated rings. The first kappa shape index (κ1) is 16.6. The van der Waals surface area contributed by atoms with Gasteiger partial charge in [0.1, 0.15) is 0 Å². The molecule has 0 unspecified atom stereocenters. The molecule has 0 aromatic heterocycles. The van der Waals surface area contributed by atoms with E-state index in [0.717, 1.165) is 17.0 Å². The van der Waals surface area contributed by atoms with Crippen molar-refractivity contribution >= 4 is 35.3 Å². The molecule has 0 saturated carbocycles. The van der Waals surface area contributed by atoms with Crippen molar-refractivity contribution in [2.75, 3.05) is 13.2 Å². The van der Waals surface area contributed by atoms with Crippen molar-refractivity contribution in [3.8, 4) is 0 Å². The van der Waals surface area contributed by atoms with Crippen LogP contribution in [0.3, 0.4) is 0 Å². The Kier molecular flexibility index (Phi) is 8.95. The Balaban J connectivity index is 4.43. The van der Waals surface area contributed by atoms with Gasteiger partial charge in [-0.15, -0.1) is 0 Å². The molecule has 16 heavy (non-hydrogen) atoms. The van der Waals surface area contributed by atoms with E-state index in [0.29, 0.717) is 19.1 Å². The highest BCUT2D eigenvalue weighted by Gasteiger charge is 2.35. The summed E-state index contributed by atoms with van der Waals surface area (Å²) in [6.07, 6.45) is 2.20. The lowest BCUT2D eigenvalue weighted by Gasteiger charge is -2.27. The minimum atomic E-state index is -2.13. The minimum absolute atomic E-state index is 0.507. The molecule has 0 aliphatic carbocycles. The Bertz CT molecular complexity index is 202. The fraction of sp³-hybridized carbons (Fsp3) is 0.909. The van der Waals surface area contributed by atoms with Crippen LogP contribution in [-0.4, -0.2) is 25.1 Å². The zero-order valence-corrected chi connectivity index (χ0v) is 13.7. The fourth-order valence-corrected chi connectivity index (χ4v) is 7.98. The smallest absolute Gasteiger partial charge is 0.387 e. The lowest BCUT2D eigenvalue weighted by Crippen LogP contribution is -2.37. The summed E-state index contributed by atoms with van der Waals surface area (Å²) in [7, 11) is -2.13. The van der Waals surface area contributed by atoms with Gasteiger partial charge >= 0.3 is 7.71 Å². The number of hydrogen-bond acceptors (Lipinski definition) is 4. The summed E-state index contributed by atoms with van der Waals surface area (Å²) in [6, 6.07) is 0. The fourth-order valence-electron chi connectivity index (χ4n) is 1.51. The molecule has 0 saturated heterocycles. The van der Waals surface area contributed by atoms with Gasteiger partial charge in [-0.2, -0.15) is 0 Å². The van der Waals surface area contributed by atoms with Crippen molar-refractivity contribution in [1.29, 1.82) is 0 Å². The van der Waals surface area contributed by atoms with E-state index in [1.54, 1.807) is 11.2 Å². The minimum Gasteiger partial charge on any atom is -0.387 e. The Morgan fingerprint density at radius 1 is 1.12 bits per heavy atom. The van der Waals surface area contributed by atoms with Crippen molar-refractivity contribution < 1.29 is 8.85 Å². The summed E-state index contributed by atoms with van der Waals surface area (Å²) >= 11 is 7.17. The van der Waals surface area contributed by atoms with Crippen molar-refractivity contribution in [1.82, 2.24) is 0 Å². The number of hydrogen-bond donors (Lipinski definition) is 0. The third-order valence-corrected chi connectivity index (χ3v) is 8.46. The largest absolute Gasteiger partial charge is 0.408 e. The highest BCUT2D eigenvalue weighted by atomic mass is 32.4. The third-order valence-electron chi connectivity index (χ3n) is 2.42. The van der Waals surface area contributed by atoms with Crippen LogP contribution in [0.1, 0.15) is 40.5 Å². The van der Waals surface area contributed by atoms with Gasteiger partial charge in [0.15, 0.2) is 0 Å². The van der Waals surface area contributed by atoms with Gasteiger partial charge in [0.25, 0.3) is 0 Å². The lowest BCUT2D eigenvalue weighted by atomic mass is 10.1. The predicted octanol–water partition coefficient (Wildman–Crippen LogP) is 4.12. The molecule has 96 valence electrons. The summed E-state index contributed by atoms with van der Waals surface area (Å²) < 4.78 is 12.6. The molecule has 0 rings (SSSR count).